The van der Waals surface area contributed by atoms with Crippen molar-refractivity contribution in [1.29, 1.82) is 0 Å². The summed E-state index contributed by atoms with van der Waals surface area (Å²) in [6, 6.07) is 10.6. The summed E-state index contributed by atoms with van der Waals surface area (Å²) >= 11 is 8.85. The first-order valence-corrected chi connectivity index (χ1v) is 8.55. The second-order valence-corrected chi connectivity index (χ2v) is 7.70. The van der Waals surface area contributed by atoms with Crippen molar-refractivity contribution in [3.63, 3.8) is 0 Å². The Labute approximate surface area is 138 Å². The molecule has 0 amide bonds. The van der Waals surface area contributed by atoms with E-state index in [-0.39, 0.29) is 6.04 Å². The molecule has 0 saturated carbocycles. The summed E-state index contributed by atoms with van der Waals surface area (Å²) in [5.41, 5.74) is 1.20. The Morgan fingerprint density at radius 2 is 2.00 bits per heavy atom. The van der Waals surface area contributed by atoms with Crippen LogP contribution < -0.4 is 5.32 Å². The summed E-state index contributed by atoms with van der Waals surface area (Å²) in [7, 11) is 1.98. The second-order valence-electron chi connectivity index (χ2n) is 4.44. The van der Waals surface area contributed by atoms with Crippen molar-refractivity contribution in [1.82, 2.24) is 10.3 Å². The van der Waals surface area contributed by atoms with Gasteiger partial charge in [0.1, 0.15) is 0 Å². The van der Waals surface area contributed by atoms with Crippen LogP contribution >= 0.6 is 43.2 Å². The monoisotopic (exact) mass is 410 g/mol. The van der Waals surface area contributed by atoms with Gasteiger partial charge in [-0.2, -0.15) is 0 Å². The summed E-state index contributed by atoms with van der Waals surface area (Å²) in [6.07, 6.45) is 3.86. The molecule has 0 saturated heterocycles. The molecule has 20 heavy (non-hydrogen) atoms. The van der Waals surface area contributed by atoms with E-state index < -0.39 is 0 Å². The molecule has 3 rings (SSSR count). The zero-order chi connectivity index (χ0) is 14.1. The van der Waals surface area contributed by atoms with E-state index in [0.717, 1.165) is 8.26 Å². The minimum atomic E-state index is 0.140. The van der Waals surface area contributed by atoms with Crippen LogP contribution in [0.5, 0.6) is 0 Å². The molecular formula is C15H12Br2N2S. The van der Waals surface area contributed by atoms with Crippen LogP contribution in [-0.2, 0) is 0 Å². The number of nitrogens with zero attached hydrogens (tertiary/aromatic N) is 1. The molecule has 1 unspecified atom stereocenters. The Morgan fingerprint density at radius 1 is 1.20 bits per heavy atom. The third-order valence-electron chi connectivity index (χ3n) is 3.25. The first kappa shape index (κ1) is 14.2. The van der Waals surface area contributed by atoms with Gasteiger partial charge in [0.05, 0.1) is 9.83 Å². The van der Waals surface area contributed by atoms with E-state index in [1.165, 1.54) is 21.2 Å². The maximum Gasteiger partial charge on any atom is 0.0843 e. The zero-order valence-corrected chi connectivity index (χ0v) is 14.7. The van der Waals surface area contributed by atoms with Crippen molar-refractivity contribution in [2.24, 2.45) is 0 Å². The molecule has 1 atom stereocenters. The van der Waals surface area contributed by atoms with Gasteiger partial charge in [-0.05, 0) is 50.4 Å². The number of nitrogens with one attached hydrogen (secondary N) is 1. The van der Waals surface area contributed by atoms with Gasteiger partial charge >= 0.3 is 0 Å². The Balaban J connectivity index is 2.16. The third-order valence-corrected chi connectivity index (χ3v) is 6.57. The van der Waals surface area contributed by atoms with Crippen LogP contribution in [0.4, 0.5) is 0 Å². The highest BCUT2D eigenvalue weighted by Crippen LogP contribution is 2.38. The van der Waals surface area contributed by atoms with Gasteiger partial charge in [0, 0.05) is 32.7 Å². The van der Waals surface area contributed by atoms with Gasteiger partial charge in [0.15, 0.2) is 0 Å². The Hall–Kier alpha value is -0.750. The average Bonchev–Trinajstić information content (AvgIpc) is 2.79. The van der Waals surface area contributed by atoms with Crippen molar-refractivity contribution < 1.29 is 0 Å². The van der Waals surface area contributed by atoms with Gasteiger partial charge in [0.2, 0.25) is 0 Å². The first-order valence-electron chi connectivity index (χ1n) is 6.15. The molecule has 0 bridgehead atoms. The summed E-state index contributed by atoms with van der Waals surface area (Å²) in [5.74, 6) is 0. The fourth-order valence-electron chi connectivity index (χ4n) is 2.33. The highest BCUT2D eigenvalue weighted by Gasteiger charge is 2.18. The molecule has 3 aromatic rings. The molecule has 0 radical (unpaired) electrons. The van der Waals surface area contributed by atoms with Crippen LogP contribution in [0.1, 0.15) is 16.5 Å². The summed E-state index contributed by atoms with van der Waals surface area (Å²) in [6.45, 7) is 0. The molecule has 0 spiro atoms. The first-order chi connectivity index (χ1) is 9.70. The van der Waals surface area contributed by atoms with Gasteiger partial charge in [-0.3, -0.25) is 4.98 Å². The second kappa shape index (κ2) is 5.93. The standard InChI is InChI=1S/C15H12Br2N2S/c1-18-14(13-6-12(16)15(17)20-13)11-8-19-7-9-4-2-3-5-10(9)11/h2-8,14,18H,1H3. The van der Waals surface area contributed by atoms with Gasteiger partial charge < -0.3 is 5.32 Å². The lowest BCUT2D eigenvalue weighted by atomic mass is 10.0. The Morgan fingerprint density at radius 3 is 2.70 bits per heavy atom. The van der Waals surface area contributed by atoms with Crippen molar-refractivity contribution in [3.05, 3.63) is 61.4 Å². The van der Waals surface area contributed by atoms with Crippen molar-refractivity contribution >= 4 is 54.0 Å². The van der Waals surface area contributed by atoms with E-state index in [9.17, 15) is 0 Å². The SMILES string of the molecule is CNC(c1cc(Br)c(Br)s1)c1cncc2ccccc12. The highest BCUT2D eigenvalue weighted by atomic mass is 79.9. The topological polar surface area (TPSA) is 24.9 Å². The lowest BCUT2D eigenvalue weighted by Crippen LogP contribution is -2.17. The molecule has 2 nitrogen and oxygen atoms in total. The van der Waals surface area contributed by atoms with E-state index >= 15 is 0 Å². The molecule has 0 aliphatic rings. The Kier molecular flexibility index (Phi) is 4.21. The van der Waals surface area contributed by atoms with Crippen LogP contribution in [0, 0.1) is 0 Å². The predicted molar refractivity (Wildman–Crippen MR) is 92.4 cm³/mol. The van der Waals surface area contributed by atoms with Crippen molar-refractivity contribution in [2.45, 2.75) is 6.04 Å². The molecular weight excluding hydrogens is 400 g/mol. The summed E-state index contributed by atoms with van der Waals surface area (Å²) < 4.78 is 2.20. The largest absolute Gasteiger partial charge is 0.309 e. The third kappa shape index (κ3) is 2.55. The van der Waals surface area contributed by atoms with E-state index in [1.54, 1.807) is 11.3 Å². The Bertz CT molecular complexity index is 730. The van der Waals surface area contributed by atoms with E-state index in [1.807, 2.05) is 25.5 Å². The molecule has 1 aromatic carbocycles. The molecule has 2 aromatic heterocycles. The number of fused-ring (bicyclic) bond motifs is 1. The predicted octanol–water partition coefficient (Wildman–Crippen LogP) is 5.13. The smallest absolute Gasteiger partial charge is 0.0843 e. The van der Waals surface area contributed by atoms with Gasteiger partial charge in [-0.15, -0.1) is 11.3 Å². The summed E-state index contributed by atoms with van der Waals surface area (Å²) in [4.78, 5) is 5.63. The van der Waals surface area contributed by atoms with Gasteiger partial charge in [-0.25, -0.2) is 0 Å². The quantitative estimate of drug-likeness (QED) is 0.646. The van der Waals surface area contributed by atoms with Gasteiger partial charge in [-0.1, -0.05) is 24.3 Å². The minimum absolute atomic E-state index is 0.140. The molecule has 102 valence electrons. The van der Waals surface area contributed by atoms with Crippen LogP contribution in [0.3, 0.4) is 0 Å². The van der Waals surface area contributed by atoms with E-state index in [2.05, 4.69) is 66.4 Å². The maximum absolute atomic E-state index is 4.38. The zero-order valence-electron chi connectivity index (χ0n) is 10.7. The molecule has 0 fully saturated rings. The number of rotatable bonds is 3. The molecule has 5 heteroatoms. The fraction of sp³-hybridized carbons (Fsp3) is 0.133. The number of hydrogen-bond acceptors (Lipinski definition) is 3. The molecule has 0 aliphatic carbocycles. The number of aromatic nitrogens is 1. The van der Waals surface area contributed by atoms with Crippen LogP contribution in [-0.4, -0.2) is 12.0 Å². The van der Waals surface area contributed by atoms with Gasteiger partial charge in [0.25, 0.3) is 0 Å². The number of halogens is 2. The fourth-order valence-corrected chi connectivity index (χ4v) is 4.55. The molecule has 0 aliphatic heterocycles. The summed E-state index contributed by atoms with van der Waals surface area (Å²) in [5, 5.41) is 5.80. The number of hydrogen-bond donors (Lipinski definition) is 1. The molecule has 1 N–H and O–H groups in total. The lowest BCUT2D eigenvalue weighted by Gasteiger charge is -2.16. The number of benzene rings is 1. The van der Waals surface area contributed by atoms with E-state index in [4.69, 9.17) is 0 Å². The molecule has 2 heterocycles. The normalized spacial score (nSPS) is 12.8. The number of pyridine rings is 1. The lowest BCUT2D eigenvalue weighted by molar-refractivity contribution is 0.706. The minimum Gasteiger partial charge on any atom is -0.309 e. The van der Waals surface area contributed by atoms with Crippen molar-refractivity contribution in [3.8, 4) is 0 Å². The maximum atomic E-state index is 4.38. The van der Waals surface area contributed by atoms with E-state index in [0.29, 0.717) is 0 Å². The van der Waals surface area contributed by atoms with Crippen LogP contribution in [0.25, 0.3) is 10.8 Å². The van der Waals surface area contributed by atoms with Crippen LogP contribution in [0.2, 0.25) is 0 Å². The van der Waals surface area contributed by atoms with Crippen LogP contribution in [0.15, 0.2) is 51.0 Å². The van der Waals surface area contributed by atoms with Crippen molar-refractivity contribution in [2.75, 3.05) is 7.05 Å². The highest BCUT2D eigenvalue weighted by molar-refractivity contribution is 9.13. The number of thiophene rings is 1. The average molecular weight is 412 g/mol.